The van der Waals surface area contributed by atoms with E-state index < -0.39 is 0 Å². The van der Waals surface area contributed by atoms with Crippen molar-refractivity contribution < 1.29 is 4.79 Å². The topological polar surface area (TPSA) is 54.3 Å². The Kier molecular flexibility index (Phi) is 6.16. The van der Waals surface area contributed by atoms with E-state index in [9.17, 15) is 4.79 Å². The van der Waals surface area contributed by atoms with Crippen LogP contribution in [0.15, 0.2) is 66.9 Å². The summed E-state index contributed by atoms with van der Waals surface area (Å²) in [5.41, 5.74) is 5.97. The number of hydrogen-bond acceptors (Lipinski definition) is 4. The predicted molar refractivity (Wildman–Crippen MR) is 135 cm³/mol. The van der Waals surface area contributed by atoms with Crippen molar-refractivity contribution in [2.45, 2.75) is 20.3 Å². The number of aromatic nitrogens is 3. The zero-order valence-corrected chi connectivity index (χ0v) is 20.1. The largest absolute Gasteiger partial charge is 0.337 e. The van der Waals surface area contributed by atoms with E-state index in [1.54, 1.807) is 0 Å². The average molecular weight is 454 g/mol. The van der Waals surface area contributed by atoms with Crippen LogP contribution in [0.5, 0.6) is 0 Å². The Morgan fingerprint density at radius 2 is 1.88 bits per heavy atom. The zero-order valence-electron chi connectivity index (χ0n) is 20.1. The second-order valence-electron chi connectivity index (χ2n) is 9.50. The third-order valence-electron chi connectivity index (χ3n) is 6.63. The molecule has 0 spiro atoms. The summed E-state index contributed by atoms with van der Waals surface area (Å²) < 4.78 is 1.90. The molecule has 0 radical (unpaired) electrons. The van der Waals surface area contributed by atoms with E-state index in [1.807, 2.05) is 66.0 Å². The number of nitrogens with zero attached hydrogens (tertiary/aromatic N) is 5. The van der Waals surface area contributed by atoms with E-state index in [0.29, 0.717) is 11.5 Å². The lowest BCUT2D eigenvalue weighted by Gasteiger charge is -2.24. The first-order valence-electron chi connectivity index (χ1n) is 11.9. The minimum absolute atomic E-state index is 0.0893. The van der Waals surface area contributed by atoms with Crippen molar-refractivity contribution in [1.29, 1.82) is 0 Å². The molecule has 2 aromatic carbocycles. The van der Waals surface area contributed by atoms with Crippen molar-refractivity contribution in [3.05, 3.63) is 89.4 Å². The van der Waals surface area contributed by atoms with E-state index in [1.165, 1.54) is 5.56 Å². The van der Waals surface area contributed by atoms with Gasteiger partial charge in [0.05, 0.1) is 16.9 Å². The molecule has 1 aliphatic heterocycles. The Labute approximate surface area is 200 Å². The molecule has 6 heteroatoms. The second kappa shape index (κ2) is 9.39. The van der Waals surface area contributed by atoms with Crippen LogP contribution >= 0.6 is 0 Å². The maximum Gasteiger partial charge on any atom is 0.253 e. The number of fused-ring (bicyclic) bond motifs is 1. The van der Waals surface area contributed by atoms with Crippen LogP contribution in [0, 0.1) is 19.8 Å². The number of benzene rings is 2. The zero-order chi connectivity index (χ0) is 23.7. The van der Waals surface area contributed by atoms with Gasteiger partial charge in [-0.2, -0.15) is 5.10 Å². The quantitative estimate of drug-likeness (QED) is 0.463. The molecule has 174 valence electrons. The molecule has 1 amide bonds. The molecule has 6 nitrogen and oxygen atoms in total. The van der Waals surface area contributed by atoms with Gasteiger partial charge in [0.1, 0.15) is 0 Å². The number of amides is 1. The Hall–Kier alpha value is -3.51. The van der Waals surface area contributed by atoms with Crippen LogP contribution in [0.2, 0.25) is 0 Å². The highest BCUT2D eigenvalue weighted by atomic mass is 16.2. The van der Waals surface area contributed by atoms with Crippen molar-refractivity contribution in [3.8, 4) is 5.69 Å². The first-order chi connectivity index (χ1) is 16.5. The molecule has 2 aromatic heterocycles. The molecule has 1 aliphatic rings. The molecular formula is C28H31N5O. The second-order valence-corrected chi connectivity index (χ2v) is 9.50. The summed E-state index contributed by atoms with van der Waals surface area (Å²) in [5.74, 6) is 0.455. The Morgan fingerprint density at radius 1 is 1.00 bits per heavy atom. The Bertz CT molecular complexity index is 1330. The van der Waals surface area contributed by atoms with E-state index in [2.05, 4.69) is 46.3 Å². The summed E-state index contributed by atoms with van der Waals surface area (Å²) in [5, 5.41) is 5.74. The molecule has 3 heterocycles. The molecule has 1 saturated heterocycles. The maximum absolute atomic E-state index is 13.6. The third kappa shape index (κ3) is 4.73. The van der Waals surface area contributed by atoms with Gasteiger partial charge in [0.2, 0.25) is 0 Å². The maximum atomic E-state index is 13.6. The number of likely N-dealkylation sites (N-methyl/N-ethyl adjacent to an activating group) is 1. The monoisotopic (exact) mass is 453 g/mol. The number of aryl methyl sites for hydroxylation is 2. The molecule has 0 saturated carbocycles. The van der Waals surface area contributed by atoms with Crippen molar-refractivity contribution in [2.75, 3.05) is 33.2 Å². The first-order valence-corrected chi connectivity index (χ1v) is 11.9. The van der Waals surface area contributed by atoms with E-state index >= 15 is 0 Å². The summed E-state index contributed by atoms with van der Waals surface area (Å²) in [6, 6.07) is 20.5. The lowest BCUT2D eigenvalue weighted by Crippen LogP contribution is -2.36. The average Bonchev–Trinajstić information content (AvgIpc) is 3.07. The molecule has 1 fully saturated rings. The number of pyridine rings is 1. The van der Waals surface area contributed by atoms with Crippen molar-refractivity contribution in [2.24, 2.45) is 5.92 Å². The molecular weight excluding hydrogens is 422 g/mol. The minimum atomic E-state index is 0.0893. The van der Waals surface area contributed by atoms with Gasteiger partial charge >= 0.3 is 0 Å². The molecule has 5 rings (SSSR count). The number of rotatable bonds is 4. The van der Waals surface area contributed by atoms with Gasteiger partial charge in [-0.25, -0.2) is 4.68 Å². The lowest BCUT2D eigenvalue weighted by molar-refractivity contribution is 0.0746. The van der Waals surface area contributed by atoms with E-state index in [0.717, 1.165) is 60.6 Å². The number of carbonyl (C=O) groups is 1. The molecule has 0 bridgehead atoms. The molecule has 0 N–H and O–H groups in total. The van der Waals surface area contributed by atoms with Crippen LogP contribution in [0.25, 0.3) is 16.6 Å². The Balaban J connectivity index is 1.36. The number of carbonyl (C=O) groups excluding carboxylic acids is 1. The summed E-state index contributed by atoms with van der Waals surface area (Å²) in [4.78, 5) is 22.4. The van der Waals surface area contributed by atoms with Gasteiger partial charge in [-0.05, 0) is 81.3 Å². The van der Waals surface area contributed by atoms with Crippen LogP contribution in [0.4, 0.5) is 0 Å². The number of hydrogen-bond donors (Lipinski definition) is 0. The van der Waals surface area contributed by atoms with Gasteiger partial charge < -0.3 is 9.80 Å². The summed E-state index contributed by atoms with van der Waals surface area (Å²) in [7, 11) is 2.15. The highest BCUT2D eigenvalue weighted by molar-refractivity contribution is 5.94. The standard InChI is InChI=1S/C28H31N5O/c1-20-14-21(2)33(30-20)26-8-4-6-25(17-26)28(34)32-13-12-31(3)18-23(19-32)15-22-9-10-27-24(16-22)7-5-11-29-27/h4-11,14,16-17,23H,12-13,15,18-19H2,1-3H3/t23-/m0/s1. The molecule has 1 atom stereocenters. The van der Waals surface area contributed by atoms with E-state index in [-0.39, 0.29) is 5.91 Å². The first kappa shape index (κ1) is 22.3. The van der Waals surface area contributed by atoms with Crippen molar-refractivity contribution in [3.63, 3.8) is 0 Å². The fourth-order valence-electron chi connectivity index (χ4n) is 5.03. The third-order valence-corrected chi connectivity index (χ3v) is 6.63. The highest BCUT2D eigenvalue weighted by Gasteiger charge is 2.25. The molecule has 4 aromatic rings. The van der Waals surface area contributed by atoms with Crippen LogP contribution in [-0.4, -0.2) is 63.7 Å². The highest BCUT2D eigenvalue weighted by Crippen LogP contribution is 2.21. The Morgan fingerprint density at radius 3 is 2.71 bits per heavy atom. The van der Waals surface area contributed by atoms with Gasteiger partial charge in [0.15, 0.2) is 0 Å². The lowest BCUT2D eigenvalue weighted by atomic mass is 9.97. The van der Waals surface area contributed by atoms with Crippen LogP contribution in [-0.2, 0) is 6.42 Å². The van der Waals surface area contributed by atoms with Gasteiger partial charge in [0.25, 0.3) is 5.91 Å². The summed E-state index contributed by atoms with van der Waals surface area (Å²) in [6.07, 6.45) is 2.76. The normalized spacial score (nSPS) is 17.1. The SMILES string of the molecule is Cc1cc(C)n(-c2cccc(C(=O)N3CCN(C)C[C@H](Cc4ccc5ncccc5c4)C3)c2)n1. The van der Waals surface area contributed by atoms with Crippen molar-refractivity contribution >= 4 is 16.8 Å². The van der Waals surface area contributed by atoms with E-state index in [4.69, 9.17) is 0 Å². The molecule has 0 unspecified atom stereocenters. The molecule has 34 heavy (non-hydrogen) atoms. The summed E-state index contributed by atoms with van der Waals surface area (Å²) in [6.45, 7) is 7.35. The van der Waals surface area contributed by atoms with Crippen LogP contribution in [0.3, 0.4) is 0 Å². The van der Waals surface area contributed by atoms with Gasteiger partial charge in [-0.15, -0.1) is 0 Å². The smallest absolute Gasteiger partial charge is 0.253 e. The van der Waals surface area contributed by atoms with Crippen LogP contribution < -0.4 is 0 Å². The van der Waals surface area contributed by atoms with Crippen molar-refractivity contribution in [1.82, 2.24) is 24.6 Å². The van der Waals surface area contributed by atoms with Crippen LogP contribution in [0.1, 0.15) is 27.3 Å². The minimum Gasteiger partial charge on any atom is -0.337 e. The van der Waals surface area contributed by atoms with Gasteiger partial charge in [-0.1, -0.05) is 18.2 Å². The predicted octanol–water partition coefficient (Wildman–Crippen LogP) is 4.28. The van der Waals surface area contributed by atoms with Gasteiger partial charge in [-0.3, -0.25) is 9.78 Å². The molecule has 0 aliphatic carbocycles. The fraction of sp³-hybridized carbons (Fsp3) is 0.321. The van der Waals surface area contributed by atoms with Gasteiger partial charge in [0, 0.05) is 49.0 Å². The summed E-state index contributed by atoms with van der Waals surface area (Å²) >= 11 is 0. The fourth-order valence-corrected chi connectivity index (χ4v) is 5.03.